The van der Waals surface area contributed by atoms with Crippen molar-refractivity contribution in [2.75, 3.05) is 27.4 Å². The molecule has 1 N–H and O–H groups in total. The molecule has 0 bridgehead atoms. The highest BCUT2D eigenvalue weighted by Crippen LogP contribution is 2.24. The minimum atomic E-state index is -0.480. The quantitative estimate of drug-likeness (QED) is 0.902. The van der Waals surface area contributed by atoms with Crippen molar-refractivity contribution in [2.45, 2.75) is 6.54 Å². The third kappa shape index (κ3) is 4.19. The molecule has 0 radical (unpaired) electrons. The number of amides is 1. The van der Waals surface area contributed by atoms with E-state index in [0.717, 1.165) is 10.0 Å². The number of halogens is 1. The van der Waals surface area contributed by atoms with Gasteiger partial charge in [-0.15, -0.1) is 0 Å². The zero-order valence-electron chi connectivity index (χ0n) is 10.4. The summed E-state index contributed by atoms with van der Waals surface area (Å²) in [5.41, 5.74) is 0.871. The standard InChI is InChI=1S/C12H16BrNO4/c1-14(12(16)18-6-5-15)8-9-7-10(13)3-4-11(9)17-2/h3-4,7,15H,5-6,8H2,1-2H3. The summed E-state index contributed by atoms with van der Waals surface area (Å²) < 4.78 is 10.9. The number of carbonyl (C=O) groups excluding carboxylic acids is 1. The maximum Gasteiger partial charge on any atom is 0.409 e. The number of hydrogen-bond acceptors (Lipinski definition) is 4. The molecule has 0 aliphatic rings. The number of benzene rings is 1. The van der Waals surface area contributed by atoms with Crippen molar-refractivity contribution >= 4 is 22.0 Å². The third-order valence-corrected chi connectivity index (χ3v) is 2.77. The molecule has 0 unspecified atom stereocenters. The van der Waals surface area contributed by atoms with E-state index in [-0.39, 0.29) is 13.2 Å². The Kier molecular flexibility index (Phi) is 5.94. The van der Waals surface area contributed by atoms with Gasteiger partial charge in [0.05, 0.1) is 20.3 Å². The lowest BCUT2D eigenvalue weighted by atomic mass is 10.2. The van der Waals surface area contributed by atoms with Gasteiger partial charge in [-0.05, 0) is 18.2 Å². The average Bonchev–Trinajstić information content (AvgIpc) is 2.36. The van der Waals surface area contributed by atoms with Gasteiger partial charge in [-0.3, -0.25) is 0 Å². The highest BCUT2D eigenvalue weighted by atomic mass is 79.9. The SMILES string of the molecule is COc1ccc(Br)cc1CN(C)C(=O)OCCO. The number of nitrogens with zero attached hydrogens (tertiary/aromatic N) is 1. The van der Waals surface area contributed by atoms with Gasteiger partial charge in [0.2, 0.25) is 0 Å². The molecule has 6 heteroatoms. The Morgan fingerprint density at radius 2 is 2.22 bits per heavy atom. The van der Waals surface area contributed by atoms with Crippen molar-refractivity contribution in [1.82, 2.24) is 4.90 Å². The van der Waals surface area contributed by atoms with E-state index >= 15 is 0 Å². The van der Waals surface area contributed by atoms with Crippen molar-refractivity contribution in [3.63, 3.8) is 0 Å². The lowest BCUT2D eigenvalue weighted by molar-refractivity contribution is 0.0892. The highest BCUT2D eigenvalue weighted by molar-refractivity contribution is 9.10. The summed E-state index contributed by atoms with van der Waals surface area (Å²) in [6.07, 6.45) is -0.480. The Morgan fingerprint density at radius 3 is 2.83 bits per heavy atom. The van der Waals surface area contributed by atoms with Crippen LogP contribution in [0.5, 0.6) is 5.75 Å². The molecule has 1 rings (SSSR count). The largest absolute Gasteiger partial charge is 0.496 e. The summed E-state index contributed by atoms with van der Waals surface area (Å²) in [7, 11) is 3.21. The van der Waals surface area contributed by atoms with E-state index in [4.69, 9.17) is 14.6 Å². The molecule has 0 saturated heterocycles. The molecule has 1 aromatic rings. The van der Waals surface area contributed by atoms with E-state index in [0.29, 0.717) is 12.3 Å². The predicted octanol–water partition coefficient (Wildman–Crippen LogP) is 2.02. The number of aliphatic hydroxyl groups excluding tert-OH is 1. The monoisotopic (exact) mass is 317 g/mol. The van der Waals surface area contributed by atoms with Crippen LogP contribution in [0.25, 0.3) is 0 Å². The van der Waals surface area contributed by atoms with Crippen LogP contribution >= 0.6 is 15.9 Å². The molecule has 0 aliphatic carbocycles. The summed E-state index contributed by atoms with van der Waals surface area (Å²) in [6.45, 7) is 0.186. The fourth-order valence-corrected chi connectivity index (χ4v) is 1.84. The molecule has 1 aromatic carbocycles. The Labute approximate surface area is 114 Å². The minimum Gasteiger partial charge on any atom is -0.496 e. The predicted molar refractivity (Wildman–Crippen MR) is 70.6 cm³/mol. The maximum absolute atomic E-state index is 11.5. The van der Waals surface area contributed by atoms with Crippen molar-refractivity contribution in [1.29, 1.82) is 0 Å². The first-order valence-corrected chi connectivity index (χ1v) is 6.19. The molecule has 0 heterocycles. The summed E-state index contributed by atoms with van der Waals surface area (Å²) in [4.78, 5) is 12.9. The molecular formula is C12H16BrNO4. The number of rotatable bonds is 5. The number of ether oxygens (including phenoxy) is 2. The molecule has 18 heavy (non-hydrogen) atoms. The molecule has 0 spiro atoms. The summed E-state index contributed by atoms with van der Waals surface area (Å²) in [5.74, 6) is 0.708. The topological polar surface area (TPSA) is 59.0 Å². The van der Waals surface area contributed by atoms with Crippen LogP contribution in [0, 0.1) is 0 Å². The lowest BCUT2D eigenvalue weighted by Gasteiger charge is -2.18. The van der Waals surface area contributed by atoms with Crippen LogP contribution in [-0.2, 0) is 11.3 Å². The number of methoxy groups -OCH3 is 1. The lowest BCUT2D eigenvalue weighted by Crippen LogP contribution is -2.28. The first kappa shape index (κ1) is 14.8. The maximum atomic E-state index is 11.5. The van der Waals surface area contributed by atoms with Crippen molar-refractivity contribution in [3.8, 4) is 5.75 Å². The third-order valence-electron chi connectivity index (χ3n) is 2.28. The van der Waals surface area contributed by atoms with E-state index in [2.05, 4.69) is 15.9 Å². The fraction of sp³-hybridized carbons (Fsp3) is 0.417. The van der Waals surface area contributed by atoms with E-state index in [1.54, 1.807) is 14.2 Å². The molecule has 1 amide bonds. The first-order valence-electron chi connectivity index (χ1n) is 5.39. The van der Waals surface area contributed by atoms with E-state index < -0.39 is 6.09 Å². The van der Waals surface area contributed by atoms with Crippen molar-refractivity contribution in [3.05, 3.63) is 28.2 Å². The molecule has 0 atom stereocenters. The van der Waals surface area contributed by atoms with Gasteiger partial charge in [-0.2, -0.15) is 0 Å². The van der Waals surface area contributed by atoms with Gasteiger partial charge in [0, 0.05) is 17.1 Å². The van der Waals surface area contributed by atoms with Crippen LogP contribution in [0.3, 0.4) is 0 Å². The van der Waals surface area contributed by atoms with E-state index in [1.807, 2.05) is 18.2 Å². The van der Waals surface area contributed by atoms with Gasteiger partial charge in [-0.25, -0.2) is 4.79 Å². The van der Waals surface area contributed by atoms with Gasteiger partial charge in [0.15, 0.2) is 0 Å². The molecule has 0 aliphatic heterocycles. The average molecular weight is 318 g/mol. The number of carbonyl (C=O) groups is 1. The fourth-order valence-electron chi connectivity index (χ4n) is 1.43. The van der Waals surface area contributed by atoms with E-state index in [1.165, 1.54) is 4.90 Å². The van der Waals surface area contributed by atoms with Crippen LogP contribution in [0.1, 0.15) is 5.56 Å². The highest BCUT2D eigenvalue weighted by Gasteiger charge is 2.13. The van der Waals surface area contributed by atoms with E-state index in [9.17, 15) is 4.79 Å². The smallest absolute Gasteiger partial charge is 0.409 e. The van der Waals surface area contributed by atoms with Gasteiger partial charge in [0.1, 0.15) is 12.4 Å². The second-order valence-corrected chi connectivity index (χ2v) is 4.57. The van der Waals surface area contributed by atoms with Crippen LogP contribution in [0.4, 0.5) is 4.79 Å². The number of aliphatic hydroxyl groups is 1. The second kappa shape index (κ2) is 7.23. The molecule has 0 fully saturated rings. The van der Waals surface area contributed by atoms with Crippen LogP contribution in [0.2, 0.25) is 0 Å². The van der Waals surface area contributed by atoms with Gasteiger partial charge >= 0.3 is 6.09 Å². The van der Waals surface area contributed by atoms with Crippen LogP contribution in [-0.4, -0.2) is 43.5 Å². The van der Waals surface area contributed by atoms with Gasteiger partial charge < -0.3 is 19.5 Å². The van der Waals surface area contributed by atoms with Crippen LogP contribution in [0.15, 0.2) is 22.7 Å². The Morgan fingerprint density at radius 1 is 1.50 bits per heavy atom. The summed E-state index contributed by atoms with van der Waals surface area (Å²) in [6, 6.07) is 5.58. The molecule has 0 aromatic heterocycles. The molecule has 0 saturated carbocycles. The summed E-state index contributed by atoms with van der Waals surface area (Å²) in [5, 5.41) is 8.58. The summed E-state index contributed by atoms with van der Waals surface area (Å²) >= 11 is 3.37. The van der Waals surface area contributed by atoms with Crippen molar-refractivity contribution < 1.29 is 19.4 Å². The normalized spacial score (nSPS) is 10.0. The second-order valence-electron chi connectivity index (χ2n) is 3.65. The van der Waals surface area contributed by atoms with Gasteiger partial charge in [0.25, 0.3) is 0 Å². The Balaban J connectivity index is 2.71. The first-order chi connectivity index (χ1) is 8.58. The van der Waals surface area contributed by atoms with Gasteiger partial charge in [-0.1, -0.05) is 15.9 Å². The molecule has 100 valence electrons. The zero-order valence-corrected chi connectivity index (χ0v) is 11.9. The molecular weight excluding hydrogens is 302 g/mol. The van der Waals surface area contributed by atoms with Crippen molar-refractivity contribution in [2.24, 2.45) is 0 Å². The minimum absolute atomic E-state index is 0.00120. The molecule has 5 nitrogen and oxygen atoms in total. The zero-order chi connectivity index (χ0) is 13.5. The van der Waals surface area contributed by atoms with Crippen LogP contribution < -0.4 is 4.74 Å². The Bertz CT molecular complexity index is 411. The number of hydrogen-bond donors (Lipinski definition) is 1. The Hall–Kier alpha value is -1.27.